The van der Waals surface area contributed by atoms with E-state index in [1.54, 1.807) is 11.8 Å². The minimum atomic E-state index is -0.812. The van der Waals surface area contributed by atoms with Gasteiger partial charge in [-0.2, -0.15) is 17.0 Å². The quantitative estimate of drug-likeness (QED) is 0.651. The van der Waals surface area contributed by atoms with Crippen molar-refractivity contribution in [2.45, 2.75) is 18.4 Å². The molecule has 0 radical (unpaired) electrons. The molecule has 20 heavy (non-hydrogen) atoms. The van der Waals surface area contributed by atoms with Gasteiger partial charge in [-0.25, -0.2) is 0 Å². The number of aliphatic hydroxyl groups is 1. The molecule has 1 aromatic carbocycles. The van der Waals surface area contributed by atoms with Crippen LogP contribution in [0.15, 0.2) is 18.2 Å². The lowest BCUT2D eigenvalue weighted by atomic mass is 9.96. The largest absolute Gasteiger partial charge is 0.388 e. The van der Waals surface area contributed by atoms with Crippen LogP contribution in [0.4, 0.5) is 11.4 Å². The van der Waals surface area contributed by atoms with Crippen molar-refractivity contribution in [2.75, 3.05) is 23.4 Å². The molecule has 1 aliphatic heterocycles. The molecule has 1 saturated heterocycles. The molecular weight excluding hydrogens is 278 g/mol. The highest BCUT2D eigenvalue weighted by Gasteiger charge is 2.30. The highest BCUT2D eigenvalue weighted by molar-refractivity contribution is 7.99. The number of nitrogens with one attached hydrogen (secondary N) is 1. The number of hydrogen-bond acceptors (Lipinski definition) is 6. The summed E-state index contributed by atoms with van der Waals surface area (Å²) in [4.78, 5) is 10.5. The zero-order valence-electron chi connectivity index (χ0n) is 10.8. The lowest BCUT2D eigenvalue weighted by Gasteiger charge is -2.32. The van der Waals surface area contributed by atoms with Gasteiger partial charge in [0.15, 0.2) is 0 Å². The van der Waals surface area contributed by atoms with E-state index in [4.69, 9.17) is 5.26 Å². The molecule has 0 saturated carbocycles. The van der Waals surface area contributed by atoms with E-state index in [0.29, 0.717) is 18.5 Å². The topological polar surface area (TPSA) is 99.2 Å². The van der Waals surface area contributed by atoms with E-state index >= 15 is 0 Å². The number of nitro groups is 1. The molecular formula is C13H15N3O3S. The highest BCUT2D eigenvalue weighted by Crippen LogP contribution is 2.30. The minimum absolute atomic E-state index is 0.141. The number of anilines is 1. The third kappa shape index (κ3) is 3.40. The van der Waals surface area contributed by atoms with Crippen molar-refractivity contribution in [3.8, 4) is 6.07 Å². The summed E-state index contributed by atoms with van der Waals surface area (Å²) in [5.41, 5.74) is -0.374. The predicted molar refractivity (Wildman–Crippen MR) is 77.8 cm³/mol. The molecule has 1 aromatic rings. The van der Waals surface area contributed by atoms with Gasteiger partial charge in [-0.05, 0) is 36.5 Å². The van der Waals surface area contributed by atoms with Crippen molar-refractivity contribution in [1.82, 2.24) is 0 Å². The third-order valence-corrected chi connectivity index (χ3v) is 4.34. The van der Waals surface area contributed by atoms with Gasteiger partial charge >= 0.3 is 0 Å². The summed E-state index contributed by atoms with van der Waals surface area (Å²) in [7, 11) is 0. The maximum Gasteiger partial charge on any atom is 0.293 e. The van der Waals surface area contributed by atoms with Gasteiger partial charge in [0.25, 0.3) is 5.69 Å². The van der Waals surface area contributed by atoms with Gasteiger partial charge in [0.1, 0.15) is 5.69 Å². The molecule has 106 valence electrons. The zero-order chi connectivity index (χ0) is 14.6. The second-order valence-corrected chi connectivity index (χ2v) is 6.02. The number of rotatable bonds is 4. The zero-order valence-corrected chi connectivity index (χ0v) is 11.7. The van der Waals surface area contributed by atoms with E-state index in [9.17, 15) is 15.2 Å². The Morgan fingerprint density at radius 2 is 2.20 bits per heavy atom. The Bertz CT molecular complexity index is 550. The maximum absolute atomic E-state index is 11.0. The number of hydrogen-bond donors (Lipinski definition) is 2. The number of benzene rings is 1. The molecule has 0 unspecified atom stereocenters. The molecule has 0 atom stereocenters. The molecule has 6 nitrogen and oxygen atoms in total. The van der Waals surface area contributed by atoms with Gasteiger partial charge in [0, 0.05) is 12.6 Å². The Balaban J connectivity index is 2.13. The molecule has 7 heteroatoms. The first-order valence-corrected chi connectivity index (χ1v) is 7.42. The molecule has 2 N–H and O–H groups in total. The van der Waals surface area contributed by atoms with Crippen molar-refractivity contribution in [1.29, 1.82) is 5.26 Å². The predicted octanol–water partition coefficient (Wildman–Crippen LogP) is 2.14. The Morgan fingerprint density at radius 3 is 2.80 bits per heavy atom. The van der Waals surface area contributed by atoms with Gasteiger partial charge in [-0.3, -0.25) is 10.1 Å². The number of nitro benzene ring substituents is 1. The van der Waals surface area contributed by atoms with E-state index in [1.165, 1.54) is 18.2 Å². The number of thioether (sulfide) groups is 1. The summed E-state index contributed by atoms with van der Waals surface area (Å²) in [5.74, 6) is 1.79. The van der Waals surface area contributed by atoms with Crippen molar-refractivity contribution >= 4 is 23.1 Å². The second-order valence-electron chi connectivity index (χ2n) is 4.79. The normalized spacial score (nSPS) is 17.2. The first kappa shape index (κ1) is 14.6. The monoisotopic (exact) mass is 293 g/mol. The molecule has 0 amide bonds. The molecule has 1 heterocycles. The molecule has 2 rings (SSSR count). The van der Waals surface area contributed by atoms with Crippen LogP contribution in [-0.4, -0.2) is 33.7 Å². The van der Waals surface area contributed by atoms with Crippen molar-refractivity contribution in [2.24, 2.45) is 0 Å². The van der Waals surface area contributed by atoms with Gasteiger partial charge in [0.05, 0.1) is 22.2 Å². The highest BCUT2D eigenvalue weighted by atomic mass is 32.2. The van der Waals surface area contributed by atoms with Crippen LogP contribution in [0, 0.1) is 21.4 Å². The van der Waals surface area contributed by atoms with Crippen LogP contribution in [-0.2, 0) is 0 Å². The van der Waals surface area contributed by atoms with E-state index < -0.39 is 10.5 Å². The standard InChI is InChI=1S/C13H15N3O3S/c14-8-10-1-2-11(12(7-10)16(18)19)15-9-13(17)3-5-20-6-4-13/h1-2,7,15,17H,3-6,9H2. The smallest absolute Gasteiger partial charge is 0.293 e. The van der Waals surface area contributed by atoms with Gasteiger partial charge in [-0.1, -0.05) is 0 Å². The van der Waals surface area contributed by atoms with Crippen LogP contribution in [0.2, 0.25) is 0 Å². The minimum Gasteiger partial charge on any atom is -0.388 e. The molecule has 0 aromatic heterocycles. The summed E-state index contributed by atoms with van der Waals surface area (Å²) >= 11 is 1.80. The first-order valence-electron chi connectivity index (χ1n) is 6.27. The van der Waals surface area contributed by atoms with Crippen LogP contribution in [0.3, 0.4) is 0 Å². The fourth-order valence-corrected chi connectivity index (χ4v) is 3.34. The van der Waals surface area contributed by atoms with E-state index in [1.807, 2.05) is 6.07 Å². The van der Waals surface area contributed by atoms with Gasteiger partial charge < -0.3 is 10.4 Å². The Labute approximate surface area is 120 Å². The summed E-state index contributed by atoms with van der Waals surface area (Å²) in [5, 5.41) is 33.1. The van der Waals surface area contributed by atoms with Crippen LogP contribution in [0.25, 0.3) is 0 Å². The third-order valence-electron chi connectivity index (χ3n) is 3.35. The Kier molecular flexibility index (Phi) is 4.47. The lowest BCUT2D eigenvalue weighted by Crippen LogP contribution is -2.40. The molecule has 0 bridgehead atoms. The first-order chi connectivity index (χ1) is 9.54. The molecule has 1 fully saturated rings. The SMILES string of the molecule is N#Cc1ccc(NCC2(O)CCSCC2)c([N+](=O)[O-])c1. The van der Waals surface area contributed by atoms with E-state index in [0.717, 1.165) is 11.5 Å². The van der Waals surface area contributed by atoms with Crippen LogP contribution in [0.1, 0.15) is 18.4 Å². The molecule has 1 aliphatic rings. The van der Waals surface area contributed by atoms with Crippen LogP contribution in [0.5, 0.6) is 0 Å². The summed E-state index contributed by atoms with van der Waals surface area (Å²) < 4.78 is 0. The average molecular weight is 293 g/mol. The van der Waals surface area contributed by atoms with Crippen LogP contribution < -0.4 is 5.32 Å². The summed E-state index contributed by atoms with van der Waals surface area (Å²) in [6.07, 6.45) is 1.35. The lowest BCUT2D eigenvalue weighted by molar-refractivity contribution is -0.384. The van der Waals surface area contributed by atoms with E-state index in [2.05, 4.69) is 5.32 Å². The fourth-order valence-electron chi connectivity index (χ4n) is 2.09. The van der Waals surface area contributed by atoms with Crippen molar-refractivity contribution in [3.05, 3.63) is 33.9 Å². The second kappa shape index (κ2) is 6.11. The van der Waals surface area contributed by atoms with Gasteiger partial charge in [-0.15, -0.1) is 0 Å². The maximum atomic E-state index is 11.0. The Morgan fingerprint density at radius 1 is 1.50 bits per heavy atom. The van der Waals surface area contributed by atoms with Crippen LogP contribution >= 0.6 is 11.8 Å². The number of nitriles is 1. The average Bonchev–Trinajstić information content (AvgIpc) is 2.45. The number of nitrogens with zero attached hydrogens (tertiary/aromatic N) is 2. The summed E-state index contributed by atoms with van der Waals surface area (Å²) in [6, 6.07) is 6.15. The van der Waals surface area contributed by atoms with E-state index in [-0.39, 0.29) is 17.8 Å². The van der Waals surface area contributed by atoms with Crippen molar-refractivity contribution < 1.29 is 10.0 Å². The Hall–Kier alpha value is -1.78. The fraction of sp³-hybridized carbons (Fsp3) is 0.462. The van der Waals surface area contributed by atoms with Gasteiger partial charge in [0.2, 0.25) is 0 Å². The van der Waals surface area contributed by atoms with Crippen molar-refractivity contribution in [3.63, 3.8) is 0 Å². The summed E-state index contributed by atoms with van der Waals surface area (Å²) in [6.45, 7) is 0.278. The molecule has 0 spiro atoms. The molecule has 0 aliphatic carbocycles.